The molecule has 1 aromatic heterocycles. The maximum Gasteiger partial charge on any atom is 0.325 e. The number of ether oxygens (including phenoxy) is 1. The molecule has 2 heterocycles. The van der Waals surface area contributed by atoms with Crippen molar-refractivity contribution in [3.8, 4) is 0 Å². The van der Waals surface area contributed by atoms with E-state index < -0.39 is 72.3 Å². The number of amides is 5. The molecule has 5 amide bonds. The molecule has 3 rings (SSSR count). The molecule has 16 heteroatoms. The van der Waals surface area contributed by atoms with Gasteiger partial charge in [-0.25, -0.2) is 0 Å². The lowest BCUT2D eigenvalue weighted by Crippen LogP contribution is -2.61. The number of hydrogen-bond donors (Lipinski definition) is 6. The van der Waals surface area contributed by atoms with E-state index in [1.54, 1.807) is 14.0 Å². The minimum atomic E-state index is -1.25. The molecule has 1 aliphatic heterocycles. The lowest BCUT2D eigenvalue weighted by molar-refractivity contribution is -0.157. The van der Waals surface area contributed by atoms with Gasteiger partial charge in [0, 0.05) is 26.2 Å². The first-order chi connectivity index (χ1) is 26.4. The topological polar surface area (TPSA) is 231 Å². The van der Waals surface area contributed by atoms with Crippen LogP contribution in [0.3, 0.4) is 0 Å². The molecule has 1 saturated heterocycles. The Bertz CT molecular complexity index is 1370. The summed E-state index contributed by atoms with van der Waals surface area (Å²) in [5.41, 5.74) is 6.36. The fourth-order valence-corrected chi connectivity index (χ4v) is 7.53. The summed E-state index contributed by atoms with van der Waals surface area (Å²) in [4.78, 5) is 84.3. The van der Waals surface area contributed by atoms with Crippen LogP contribution in [-0.2, 0) is 39.9 Å². The van der Waals surface area contributed by atoms with Crippen molar-refractivity contribution < 1.29 is 33.5 Å². The lowest BCUT2D eigenvalue weighted by Gasteiger charge is -2.36. The van der Waals surface area contributed by atoms with Crippen LogP contribution >= 0.6 is 0 Å². The van der Waals surface area contributed by atoms with Gasteiger partial charge in [-0.2, -0.15) is 0 Å². The second kappa shape index (κ2) is 23.8. The summed E-state index contributed by atoms with van der Waals surface area (Å²) in [5, 5.41) is 21.1. The molecule has 310 valence electrons. The fourth-order valence-electron chi connectivity index (χ4n) is 7.53. The van der Waals surface area contributed by atoms with Crippen molar-refractivity contribution in [2.45, 2.75) is 161 Å². The third kappa shape index (κ3) is 14.8. The van der Waals surface area contributed by atoms with E-state index in [0.29, 0.717) is 31.4 Å². The van der Waals surface area contributed by atoms with Crippen LogP contribution in [-0.4, -0.2) is 106 Å². The molecule has 1 aromatic rings. The predicted molar refractivity (Wildman–Crippen MR) is 207 cm³/mol. The van der Waals surface area contributed by atoms with E-state index in [9.17, 15) is 28.8 Å². The quantitative estimate of drug-likeness (QED) is 0.113. The Morgan fingerprint density at radius 3 is 2.13 bits per heavy atom. The van der Waals surface area contributed by atoms with Crippen molar-refractivity contribution in [3.05, 3.63) is 11.9 Å². The zero-order chi connectivity index (χ0) is 40.3. The summed E-state index contributed by atoms with van der Waals surface area (Å²) in [6.45, 7) is 6.97. The number of nitrogens with two attached hydrogens (primary N) is 1. The third-order valence-corrected chi connectivity index (χ3v) is 10.9. The normalized spacial score (nSPS) is 26.0. The first kappa shape index (κ1) is 45.3. The average molecular weight is 774 g/mol. The number of esters is 1. The first-order valence-electron chi connectivity index (χ1n) is 20.6. The molecule has 2 fully saturated rings. The van der Waals surface area contributed by atoms with Crippen molar-refractivity contribution in [2.24, 2.45) is 23.5 Å². The molecular weight excluding hydrogens is 706 g/mol. The molecule has 0 aromatic carbocycles. The second-order valence-electron chi connectivity index (χ2n) is 15.8. The largest absolute Gasteiger partial charge is 0.460 e. The number of hydrogen-bond acceptors (Lipinski definition) is 10. The molecule has 0 spiro atoms. The molecule has 6 atom stereocenters. The van der Waals surface area contributed by atoms with Crippen LogP contribution < -0.4 is 27.0 Å². The fraction of sp³-hybridized carbons (Fsp3) is 0.795. The van der Waals surface area contributed by atoms with Crippen molar-refractivity contribution >= 4 is 35.5 Å². The maximum absolute atomic E-state index is 14.2. The van der Waals surface area contributed by atoms with Crippen LogP contribution in [0.15, 0.2) is 6.20 Å². The third-order valence-electron chi connectivity index (χ3n) is 10.9. The summed E-state index contributed by atoms with van der Waals surface area (Å²) >= 11 is 0. The van der Waals surface area contributed by atoms with Gasteiger partial charge in [0.1, 0.15) is 36.8 Å². The van der Waals surface area contributed by atoms with Crippen LogP contribution in [0.5, 0.6) is 0 Å². The molecule has 7 N–H and O–H groups in total. The van der Waals surface area contributed by atoms with Gasteiger partial charge in [-0.1, -0.05) is 97.1 Å². The molecule has 1 unspecified atom stereocenters. The van der Waals surface area contributed by atoms with Crippen LogP contribution in [0.2, 0.25) is 0 Å². The highest BCUT2D eigenvalue weighted by Crippen LogP contribution is 2.28. The van der Waals surface area contributed by atoms with Crippen LogP contribution in [0.25, 0.3) is 0 Å². The SMILES string of the molecule is CCCCCCCCCC[C@H]1OC(=O)CNC(=O)[C@H](Cc2c[nH]nn2)NC(=O)[C@H](CN)NC(=O)C(C2CCCCC2)NC(=O)[C@H](CC(C)C)N(C)C(=O)[C@@H]1C. The molecule has 0 bridgehead atoms. The number of aromatic amines is 1. The van der Waals surface area contributed by atoms with E-state index >= 15 is 0 Å². The lowest BCUT2D eigenvalue weighted by atomic mass is 9.83. The highest BCUT2D eigenvalue weighted by molar-refractivity contribution is 5.96. The van der Waals surface area contributed by atoms with Crippen LogP contribution in [0, 0.1) is 17.8 Å². The number of H-pyrrole nitrogens is 1. The number of carbonyl (C=O) groups is 6. The summed E-state index contributed by atoms with van der Waals surface area (Å²) in [7, 11) is 1.57. The second-order valence-corrected chi connectivity index (χ2v) is 15.8. The van der Waals surface area contributed by atoms with E-state index in [4.69, 9.17) is 10.5 Å². The smallest absolute Gasteiger partial charge is 0.325 e. The molecule has 0 radical (unpaired) electrons. The summed E-state index contributed by atoms with van der Waals surface area (Å²) in [6.07, 6.45) is 14.0. The molecule has 1 saturated carbocycles. The van der Waals surface area contributed by atoms with Gasteiger partial charge in [0.25, 0.3) is 0 Å². The van der Waals surface area contributed by atoms with Gasteiger partial charge in [-0.05, 0) is 43.9 Å². The highest BCUT2D eigenvalue weighted by Gasteiger charge is 2.39. The maximum atomic E-state index is 14.2. The van der Waals surface area contributed by atoms with Crippen molar-refractivity contribution in [2.75, 3.05) is 20.1 Å². The van der Waals surface area contributed by atoms with E-state index in [2.05, 4.69) is 43.6 Å². The Balaban J connectivity index is 1.96. The Morgan fingerprint density at radius 1 is 0.855 bits per heavy atom. The molecule has 16 nitrogen and oxygen atoms in total. The number of rotatable bonds is 15. The zero-order valence-electron chi connectivity index (χ0n) is 33.7. The average Bonchev–Trinajstić information content (AvgIpc) is 3.69. The Labute approximate surface area is 326 Å². The summed E-state index contributed by atoms with van der Waals surface area (Å²) in [6, 6.07) is -4.37. The van der Waals surface area contributed by atoms with Gasteiger partial charge in [-0.15, -0.1) is 5.10 Å². The number of likely N-dealkylation sites (N-methyl/N-ethyl adjacent to an activating group) is 1. The number of nitrogens with one attached hydrogen (secondary N) is 5. The minimum absolute atomic E-state index is 0.0231. The number of unbranched alkanes of at least 4 members (excludes halogenated alkanes) is 7. The number of aromatic nitrogens is 3. The van der Waals surface area contributed by atoms with Gasteiger partial charge in [-0.3, -0.25) is 33.9 Å². The Hall–Kier alpha value is -4.08. The number of nitrogens with zero attached hydrogens (tertiary/aromatic N) is 3. The van der Waals surface area contributed by atoms with Gasteiger partial charge in [0.2, 0.25) is 29.5 Å². The number of cyclic esters (lactones) is 1. The van der Waals surface area contributed by atoms with E-state index in [1.807, 2.05) is 13.8 Å². The molecule has 2 aliphatic rings. The predicted octanol–water partition coefficient (Wildman–Crippen LogP) is 2.42. The van der Waals surface area contributed by atoms with E-state index in [1.165, 1.54) is 36.8 Å². The van der Waals surface area contributed by atoms with Crippen molar-refractivity contribution in [1.29, 1.82) is 0 Å². The van der Waals surface area contributed by atoms with Crippen LogP contribution in [0.1, 0.15) is 130 Å². The molecular formula is C39H67N9O7. The zero-order valence-corrected chi connectivity index (χ0v) is 33.7. The highest BCUT2D eigenvalue weighted by atomic mass is 16.5. The van der Waals surface area contributed by atoms with Crippen molar-refractivity contribution in [3.63, 3.8) is 0 Å². The Kier molecular flexibility index (Phi) is 19.6. The minimum Gasteiger partial charge on any atom is -0.460 e. The summed E-state index contributed by atoms with van der Waals surface area (Å²) < 4.78 is 5.92. The molecule has 1 aliphatic carbocycles. The van der Waals surface area contributed by atoms with Gasteiger partial charge < -0.3 is 36.6 Å². The monoisotopic (exact) mass is 774 g/mol. The van der Waals surface area contributed by atoms with Gasteiger partial charge >= 0.3 is 5.97 Å². The van der Waals surface area contributed by atoms with E-state index in [0.717, 1.165) is 44.9 Å². The van der Waals surface area contributed by atoms with Crippen molar-refractivity contribution in [1.82, 2.24) is 41.6 Å². The molecule has 55 heavy (non-hydrogen) atoms. The first-order valence-corrected chi connectivity index (χ1v) is 20.6. The van der Waals surface area contributed by atoms with E-state index in [-0.39, 0.29) is 30.7 Å². The van der Waals surface area contributed by atoms with Crippen LogP contribution in [0.4, 0.5) is 0 Å². The standard InChI is InChI=1S/C39H67N9O7/c1-6-7-8-9-10-11-12-16-19-32-26(4)39(54)48(5)31(20-25(2)3)37(52)45-34(27-17-14-13-15-18-27)38(53)44-30(22-40)36(51)43-29(21-28-23-42-47-46-28)35(50)41-24-33(49)55-32/h23,25-27,29-32,34H,6-22,24,40H2,1-5H3,(H,41,50)(H,43,51)(H,44,53)(H,45,52)(H,42,46,47)/t26-,29+,30+,31+,32-,34?/m1/s1. The van der Waals surface area contributed by atoms with Gasteiger partial charge in [0.15, 0.2) is 0 Å². The Morgan fingerprint density at radius 2 is 1.51 bits per heavy atom. The summed E-state index contributed by atoms with van der Waals surface area (Å²) in [5.74, 6) is -4.57. The van der Waals surface area contributed by atoms with Gasteiger partial charge in [0.05, 0.1) is 11.6 Å². The number of carbonyl (C=O) groups excluding carboxylic acids is 6.